The zero-order valence-corrected chi connectivity index (χ0v) is 16.7. The molecule has 2 aliphatic carbocycles. The van der Waals surface area contributed by atoms with Crippen LogP contribution in [0.25, 0.3) is 0 Å². The molecule has 2 rings (SSSR count). The topological polar surface area (TPSA) is 55.8 Å². The first-order valence-electron chi connectivity index (χ1n) is 8.77. The molecule has 0 aromatic carbocycles. The predicted molar refractivity (Wildman–Crippen MR) is 97.8 cm³/mol. The maximum absolute atomic E-state index is 10.1. The van der Waals surface area contributed by atoms with Gasteiger partial charge in [0.05, 0.1) is 0 Å². The van der Waals surface area contributed by atoms with Gasteiger partial charge in [0.25, 0.3) is 0 Å². The number of rotatable bonds is 4. The van der Waals surface area contributed by atoms with E-state index in [0.717, 1.165) is 14.2 Å². The Morgan fingerprint density at radius 2 is 1.14 bits per heavy atom. The summed E-state index contributed by atoms with van der Waals surface area (Å²) in [5.41, 5.74) is 2.35. The molecule has 0 unspecified atom stereocenters. The van der Waals surface area contributed by atoms with Crippen LogP contribution in [0.5, 0.6) is 0 Å². The fraction of sp³-hybridized carbons (Fsp3) is 1.00. The summed E-state index contributed by atoms with van der Waals surface area (Å²) < 4.78 is 18.0. The average molecular weight is 354 g/mol. The number of phosphoric ester groups is 1. The summed E-state index contributed by atoms with van der Waals surface area (Å²) in [5, 5.41) is 0. The van der Waals surface area contributed by atoms with E-state index in [1.165, 1.54) is 49.8 Å². The van der Waals surface area contributed by atoms with Crippen molar-refractivity contribution in [2.45, 2.75) is 75.5 Å². The second kappa shape index (κ2) is 9.74. The van der Waals surface area contributed by atoms with Crippen molar-refractivity contribution in [3.8, 4) is 0 Å². The summed E-state index contributed by atoms with van der Waals surface area (Å²) in [6, 6.07) is 0. The molecule has 6 heteroatoms. The summed E-state index contributed by atoms with van der Waals surface area (Å²) in [4.78, 5) is 8.24. The zero-order valence-electron chi connectivity index (χ0n) is 14.8. The van der Waals surface area contributed by atoms with Crippen molar-refractivity contribution in [2.24, 2.45) is 0 Å². The Hall–Kier alpha value is 0.540. The van der Waals surface area contributed by atoms with E-state index in [1.54, 1.807) is 25.7 Å². The Bertz CT molecular complexity index is 320. The van der Waals surface area contributed by atoms with Gasteiger partial charge in [0, 0.05) is 14.2 Å². The van der Waals surface area contributed by atoms with E-state index < -0.39 is 15.1 Å². The standard InChI is InChI=1S/C14H29P.C2H7O4P/c1-15(2,13-9-5-3-6-10-13)14-11-7-4-8-12-14;1-5-7(3,4)6-2/h13-15H,3-12H2,1-2H3;1-2H3,(H,3,4). The van der Waals surface area contributed by atoms with E-state index in [9.17, 15) is 4.57 Å². The third-order valence-electron chi connectivity index (χ3n) is 5.78. The quantitative estimate of drug-likeness (QED) is 0.719. The fourth-order valence-electron chi connectivity index (χ4n) is 4.10. The van der Waals surface area contributed by atoms with Crippen LogP contribution in [0.4, 0.5) is 0 Å². The Labute approximate surface area is 137 Å². The molecule has 2 fully saturated rings. The third kappa shape index (κ3) is 6.57. The first kappa shape index (κ1) is 20.6. The van der Waals surface area contributed by atoms with Crippen LogP contribution in [0.2, 0.25) is 0 Å². The second-order valence-electron chi connectivity index (χ2n) is 7.32. The molecule has 1 N–H and O–H groups in total. The summed E-state index contributed by atoms with van der Waals surface area (Å²) >= 11 is 0. The van der Waals surface area contributed by atoms with Crippen molar-refractivity contribution >= 4 is 15.1 Å². The molecule has 0 aromatic rings. The SMILES string of the molecule is COP(=O)(O)OC.C[PH](C)(C1CCCCC1)C1CCCCC1. The van der Waals surface area contributed by atoms with Gasteiger partial charge < -0.3 is 4.89 Å². The second-order valence-corrected chi connectivity index (χ2v) is 14.3. The van der Waals surface area contributed by atoms with E-state index in [-0.39, 0.29) is 0 Å². The monoisotopic (exact) mass is 354 g/mol. The van der Waals surface area contributed by atoms with Crippen molar-refractivity contribution in [1.29, 1.82) is 0 Å². The molecule has 0 atom stereocenters. The van der Waals surface area contributed by atoms with Crippen LogP contribution in [0.15, 0.2) is 0 Å². The molecule has 2 aliphatic rings. The molecule has 22 heavy (non-hydrogen) atoms. The number of hydrogen-bond acceptors (Lipinski definition) is 3. The molecule has 0 bridgehead atoms. The Morgan fingerprint density at radius 1 is 0.818 bits per heavy atom. The molecule has 0 saturated heterocycles. The molecule has 134 valence electrons. The van der Waals surface area contributed by atoms with Gasteiger partial charge in [-0.25, -0.2) is 4.57 Å². The van der Waals surface area contributed by atoms with Crippen molar-refractivity contribution in [2.75, 3.05) is 27.5 Å². The van der Waals surface area contributed by atoms with Crippen molar-refractivity contribution in [3.05, 3.63) is 0 Å². The van der Waals surface area contributed by atoms with Crippen molar-refractivity contribution < 1.29 is 18.5 Å². The first-order chi connectivity index (χ1) is 10.3. The van der Waals surface area contributed by atoms with Crippen LogP contribution in [0.3, 0.4) is 0 Å². The Morgan fingerprint density at radius 3 is 1.36 bits per heavy atom. The van der Waals surface area contributed by atoms with Gasteiger partial charge in [-0.15, -0.1) is 0 Å². The van der Waals surface area contributed by atoms with E-state index >= 15 is 0 Å². The molecule has 4 nitrogen and oxygen atoms in total. The predicted octanol–water partition coefficient (Wildman–Crippen LogP) is 5.04. The van der Waals surface area contributed by atoms with Crippen LogP contribution in [-0.4, -0.2) is 43.8 Å². The summed E-state index contributed by atoms with van der Waals surface area (Å²) in [6.45, 7) is 5.41. The van der Waals surface area contributed by atoms with E-state index in [1.807, 2.05) is 0 Å². The van der Waals surface area contributed by atoms with Crippen LogP contribution in [0.1, 0.15) is 64.2 Å². The molecular weight excluding hydrogens is 318 g/mol. The molecule has 2 saturated carbocycles. The first-order valence-corrected chi connectivity index (χ1v) is 13.4. The molecule has 0 spiro atoms. The third-order valence-corrected chi connectivity index (χ3v) is 12.1. The van der Waals surface area contributed by atoms with Crippen LogP contribution >= 0.6 is 15.1 Å². The van der Waals surface area contributed by atoms with E-state index in [2.05, 4.69) is 22.4 Å². The van der Waals surface area contributed by atoms with Gasteiger partial charge >= 0.3 is 104 Å². The van der Waals surface area contributed by atoms with Gasteiger partial charge in [0.15, 0.2) is 0 Å². The molecular formula is C16H36O4P2. The van der Waals surface area contributed by atoms with E-state index in [0.29, 0.717) is 0 Å². The van der Waals surface area contributed by atoms with Gasteiger partial charge in [0.2, 0.25) is 0 Å². The molecule has 0 heterocycles. The fourth-order valence-corrected chi connectivity index (χ4v) is 8.71. The van der Waals surface area contributed by atoms with Gasteiger partial charge in [-0.3, -0.25) is 9.05 Å². The van der Waals surface area contributed by atoms with Gasteiger partial charge in [-0.1, -0.05) is 0 Å². The van der Waals surface area contributed by atoms with Crippen LogP contribution in [-0.2, 0) is 13.6 Å². The summed E-state index contributed by atoms with van der Waals surface area (Å²) in [6.07, 6.45) is 15.5. The van der Waals surface area contributed by atoms with Gasteiger partial charge in [0.1, 0.15) is 0 Å². The molecule has 0 amide bonds. The maximum atomic E-state index is 10.1. The van der Waals surface area contributed by atoms with E-state index in [4.69, 9.17) is 4.89 Å². The Balaban J connectivity index is 0.000000295. The van der Waals surface area contributed by atoms with Crippen molar-refractivity contribution in [1.82, 2.24) is 0 Å². The van der Waals surface area contributed by atoms with Gasteiger partial charge in [-0.05, 0) is 0 Å². The molecule has 0 aliphatic heterocycles. The zero-order chi connectivity index (χ0) is 16.6. The van der Waals surface area contributed by atoms with Crippen LogP contribution < -0.4 is 0 Å². The van der Waals surface area contributed by atoms with Crippen LogP contribution in [0, 0.1) is 0 Å². The summed E-state index contributed by atoms with van der Waals surface area (Å²) in [7, 11) is -2.35. The minimum atomic E-state index is -3.65. The average Bonchev–Trinajstić information content (AvgIpc) is 2.57. The molecule has 0 radical (unpaired) electrons. The summed E-state index contributed by atoms with van der Waals surface area (Å²) in [5.74, 6) is 0. The number of hydrogen-bond donors (Lipinski definition) is 1. The number of phosphoric acid groups is 1. The van der Waals surface area contributed by atoms with Crippen molar-refractivity contribution in [3.63, 3.8) is 0 Å². The van der Waals surface area contributed by atoms with Gasteiger partial charge in [-0.2, -0.15) is 0 Å². The Kier molecular flexibility index (Phi) is 9.12. The minimum absolute atomic E-state index is 0.902. The molecule has 0 aromatic heterocycles. The normalized spacial score (nSPS) is 22.8.